The van der Waals surface area contributed by atoms with Crippen molar-refractivity contribution in [2.75, 3.05) is 5.32 Å². The second kappa shape index (κ2) is 13.6. The maximum absolute atomic E-state index is 13.8. The first kappa shape index (κ1) is 33.3. The van der Waals surface area contributed by atoms with Gasteiger partial charge >= 0.3 is 31.1 Å². The van der Waals surface area contributed by atoms with E-state index in [0.29, 0.717) is 5.56 Å². The van der Waals surface area contributed by atoms with Gasteiger partial charge in [0.1, 0.15) is 17.0 Å². The van der Waals surface area contributed by atoms with Gasteiger partial charge in [0, 0.05) is 18.3 Å². The van der Waals surface area contributed by atoms with Gasteiger partial charge in [-0.25, -0.2) is 4.79 Å². The standard InChI is InChI=1S/C30H22ClF8N3O3/c31-20-9-14-24(40-17-20)28(16-18-5-2-1-3-6-18,19-7-4-8-23(15-19)45-30(38,39)26(34)35)42-27(43)41-21-10-12-22(13-11-21)44-29(36,37)25(32)33/h1-15,17,25-26H,16H2,(H2,41,42,43)/t28-/m0/s1. The van der Waals surface area contributed by atoms with Gasteiger partial charge in [-0.2, -0.15) is 35.1 Å². The molecule has 0 saturated heterocycles. The first-order valence-corrected chi connectivity index (χ1v) is 13.2. The van der Waals surface area contributed by atoms with Crippen LogP contribution in [0.4, 0.5) is 45.6 Å². The van der Waals surface area contributed by atoms with Crippen molar-refractivity contribution < 1.29 is 49.4 Å². The zero-order chi connectivity index (χ0) is 32.8. The van der Waals surface area contributed by atoms with Crippen LogP contribution in [0.2, 0.25) is 5.02 Å². The highest BCUT2D eigenvalue weighted by Gasteiger charge is 2.45. The van der Waals surface area contributed by atoms with Gasteiger partial charge in [0.05, 0.1) is 10.7 Å². The van der Waals surface area contributed by atoms with Crippen molar-refractivity contribution in [1.29, 1.82) is 0 Å². The van der Waals surface area contributed by atoms with Crippen LogP contribution in [-0.4, -0.2) is 36.1 Å². The number of carbonyl (C=O) groups excluding carboxylic acids is 1. The molecule has 0 radical (unpaired) electrons. The summed E-state index contributed by atoms with van der Waals surface area (Å²) in [5, 5.41) is 5.46. The number of halogens is 9. The molecular weight excluding hydrogens is 638 g/mol. The number of hydrogen-bond donors (Lipinski definition) is 2. The Morgan fingerprint density at radius 3 is 1.98 bits per heavy atom. The van der Waals surface area contributed by atoms with Gasteiger partial charge in [0.25, 0.3) is 0 Å². The summed E-state index contributed by atoms with van der Waals surface area (Å²) in [6.45, 7) is 0. The average Bonchev–Trinajstić information content (AvgIpc) is 2.98. The summed E-state index contributed by atoms with van der Waals surface area (Å²) in [4.78, 5) is 17.8. The van der Waals surface area contributed by atoms with E-state index in [4.69, 9.17) is 11.6 Å². The molecule has 0 aliphatic rings. The molecule has 0 saturated carbocycles. The summed E-state index contributed by atoms with van der Waals surface area (Å²) >= 11 is 6.04. The van der Waals surface area contributed by atoms with Crippen molar-refractivity contribution >= 4 is 23.3 Å². The van der Waals surface area contributed by atoms with E-state index in [1.54, 1.807) is 30.3 Å². The smallest absolute Gasteiger partial charge is 0.428 e. The largest absolute Gasteiger partial charge is 0.461 e. The fourth-order valence-corrected chi connectivity index (χ4v) is 4.35. The molecule has 0 fully saturated rings. The lowest BCUT2D eigenvalue weighted by molar-refractivity contribution is -0.253. The number of anilines is 1. The molecule has 0 bridgehead atoms. The van der Waals surface area contributed by atoms with Gasteiger partial charge in [-0.3, -0.25) is 4.98 Å². The number of pyridine rings is 1. The van der Waals surface area contributed by atoms with E-state index >= 15 is 0 Å². The molecule has 6 nitrogen and oxygen atoms in total. The van der Waals surface area contributed by atoms with Crippen molar-refractivity contribution in [3.63, 3.8) is 0 Å². The highest BCUT2D eigenvalue weighted by Crippen LogP contribution is 2.37. The van der Waals surface area contributed by atoms with E-state index in [1.165, 1.54) is 30.5 Å². The van der Waals surface area contributed by atoms with Crippen LogP contribution in [0.3, 0.4) is 0 Å². The zero-order valence-electron chi connectivity index (χ0n) is 22.7. The van der Waals surface area contributed by atoms with Gasteiger partial charge in [0.15, 0.2) is 0 Å². The van der Waals surface area contributed by atoms with E-state index in [1.807, 2.05) is 0 Å². The summed E-state index contributed by atoms with van der Waals surface area (Å²) in [6.07, 6.45) is -16.6. The number of urea groups is 1. The van der Waals surface area contributed by atoms with E-state index < -0.39 is 48.1 Å². The minimum absolute atomic E-state index is 0.0200. The molecule has 2 N–H and O–H groups in total. The van der Waals surface area contributed by atoms with Gasteiger partial charge in [-0.1, -0.05) is 54.1 Å². The molecule has 0 unspecified atom stereocenters. The topological polar surface area (TPSA) is 72.5 Å². The third kappa shape index (κ3) is 8.32. The highest BCUT2D eigenvalue weighted by atomic mass is 35.5. The number of ether oxygens (including phenoxy) is 2. The third-order valence-corrected chi connectivity index (χ3v) is 6.48. The Bertz CT molecular complexity index is 1580. The number of nitrogens with zero attached hydrogens (tertiary/aromatic N) is 1. The Balaban J connectivity index is 1.74. The van der Waals surface area contributed by atoms with Crippen LogP contribution in [0, 0.1) is 0 Å². The van der Waals surface area contributed by atoms with E-state index in [0.717, 1.165) is 36.4 Å². The predicted molar refractivity (Wildman–Crippen MR) is 148 cm³/mol. The van der Waals surface area contributed by atoms with Crippen LogP contribution >= 0.6 is 11.6 Å². The SMILES string of the molecule is O=C(Nc1ccc(OC(F)(F)C(F)F)cc1)N[C@@](Cc1ccccc1)(c1cccc(OC(F)(F)C(F)F)c1)c1ccc(Cl)cn1. The molecule has 0 aliphatic carbocycles. The molecule has 3 aromatic carbocycles. The molecule has 0 aliphatic heterocycles. The third-order valence-electron chi connectivity index (χ3n) is 6.26. The quantitative estimate of drug-likeness (QED) is 0.150. The number of rotatable bonds is 12. The number of aromatic nitrogens is 1. The van der Waals surface area contributed by atoms with Crippen molar-refractivity contribution in [2.45, 2.75) is 37.0 Å². The fraction of sp³-hybridized carbons (Fsp3) is 0.200. The lowest BCUT2D eigenvalue weighted by Gasteiger charge is -2.35. The first-order chi connectivity index (χ1) is 21.2. The molecule has 0 spiro atoms. The molecule has 2 amide bonds. The molecule has 238 valence electrons. The average molecular weight is 660 g/mol. The van der Waals surface area contributed by atoms with Crippen LogP contribution in [0.1, 0.15) is 16.8 Å². The summed E-state index contributed by atoms with van der Waals surface area (Å²) in [5.41, 5.74) is -0.789. The molecule has 1 heterocycles. The molecule has 45 heavy (non-hydrogen) atoms. The predicted octanol–water partition coefficient (Wildman–Crippen LogP) is 8.52. The van der Waals surface area contributed by atoms with Crippen molar-refractivity contribution in [3.05, 3.63) is 119 Å². The number of alkyl halides is 8. The minimum atomic E-state index is -4.82. The molecule has 4 aromatic rings. The Hall–Kier alpha value is -4.59. The van der Waals surface area contributed by atoms with Crippen LogP contribution < -0.4 is 20.1 Å². The number of hydrogen-bond acceptors (Lipinski definition) is 4. The summed E-state index contributed by atoms with van der Waals surface area (Å²) in [5.74, 6) is -1.24. The minimum Gasteiger partial charge on any atom is -0.428 e. The maximum atomic E-state index is 13.8. The lowest BCUT2D eigenvalue weighted by atomic mass is 9.80. The van der Waals surface area contributed by atoms with Crippen LogP contribution in [0.15, 0.2) is 97.2 Å². The summed E-state index contributed by atoms with van der Waals surface area (Å²) in [6, 6.07) is 19.4. The van der Waals surface area contributed by atoms with Gasteiger partial charge in [-0.15, -0.1) is 0 Å². The van der Waals surface area contributed by atoms with E-state index in [2.05, 4.69) is 25.1 Å². The van der Waals surface area contributed by atoms with Crippen molar-refractivity contribution in [3.8, 4) is 11.5 Å². The lowest BCUT2D eigenvalue weighted by Crippen LogP contribution is -2.50. The second-order valence-corrected chi connectivity index (χ2v) is 9.93. The van der Waals surface area contributed by atoms with E-state index in [9.17, 15) is 39.9 Å². The molecule has 15 heteroatoms. The monoisotopic (exact) mass is 659 g/mol. The normalized spacial score (nSPS) is 13.3. The molecule has 1 aromatic heterocycles. The Kier molecular flexibility index (Phi) is 10.1. The molecule has 1 atom stereocenters. The van der Waals surface area contributed by atoms with E-state index in [-0.39, 0.29) is 28.4 Å². The number of amides is 2. The zero-order valence-corrected chi connectivity index (χ0v) is 23.4. The highest BCUT2D eigenvalue weighted by molar-refractivity contribution is 6.30. The number of benzene rings is 3. The summed E-state index contributed by atoms with van der Waals surface area (Å²) in [7, 11) is 0. The Labute approximate surface area is 255 Å². The molecular formula is C30H22ClF8N3O3. The van der Waals surface area contributed by atoms with Gasteiger partial charge in [0.2, 0.25) is 0 Å². The number of nitrogens with one attached hydrogen (secondary N) is 2. The van der Waals surface area contributed by atoms with Gasteiger partial charge in [-0.05, 0) is 59.7 Å². The molecule has 4 rings (SSSR count). The maximum Gasteiger partial charge on any atom is 0.461 e. The van der Waals surface area contributed by atoms with Crippen molar-refractivity contribution in [1.82, 2.24) is 10.3 Å². The Morgan fingerprint density at radius 1 is 0.778 bits per heavy atom. The first-order valence-electron chi connectivity index (χ1n) is 12.9. The Morgan fingerprint density at radius 2 is 1.40 bits per heavy atom. The fourth-order valence-electron chi connectivity index (χ4n) is 4.24. The van der Waals surface area contributed by atoms with Crippen molar-refractivity contribution in [2.24, 2.45) is 0 Å². The van der Waals surface area contributed by atoms with Crippen LogP contribution in [0.25, 0.3) is 0 Å². The summed E-state index contributed by atoms with van der Waals surface area (Å²) < 4.78 is 113. The van der Waals surface area contributed by atoms with Gasteiger partial charge < -0.3 is 20.1 Å². The number of carbonyl (C=O) groups is 1. The van der Waals surface area contributed by atoms with Crippen LogP contribution in [-0.2, 0) is 12.0 Å². The second-order valence-electron chi connectivity index (χ2n) is 9.49. The van der Waals surface area contributed by atoms with Crippen LogP contribution in [0.5, 0.6) is 11.5 Å².